The van der Waals surface area contributed by atoms with Crippen LogP contribution in [-0.4, -0.2) is 49.4 Å². The molecule has 2 heterocycles. The van der Waals surface area contributed by atoms with Crippen LogP contribution in [0.1, 0.15) is 10.4 Å². The van der Waals surface area contributed by atoms with Gasteiger partial charge in [0, 0.05) is 16.5 Å². The predicted molar refractivity (Wildman–Crippen MR) is 113 cm³/mol. The second-order valence-electron chi connectivity index (χ2n) is 6.55. The number of rotatable bonds is 3. The van der Waals surface area contributed by atoms with Crippen molar-refractivity contribution in [3.63, 3.8) is 0 Å². The van der Waals surface area contributed by atoms with Crippen LogP contribution in [0.15, 0.2) is 53.5 Å². The summed E-state index contributed by atoms with van der Waals surface area (Å²) < 4.78 is 29.5. The van der Waals surface area contributed by atoms with Crippen molar-refractivity contribution in [3.05, 3.63) is 59.1 Å². The number of hydrogen-bond donors (Lipinski definition) is 0. The van der Waals surface area contributed by atoms with Crippen molar-refractivity contribution >= 4 is 50.0 Å². The first-order chi connectivity index (χ1) is 13.4. The van der Waals surface area contributed by atoms with Gasteiger partial charge in [0.1, 0.15) is 5.75 Å². The number of hydrogen-bond acceptors (Lipinski definition) is 5. The molecule has 2 fully saturated rings. The first kappa shape index (κ1) is 19.3. The molecule has 6 nitrogen and oxygen atoms in total. The SMILES string of the molecule is COc1ccc(N2C(=NC(=O)c3ccccc3)S[C@@H]3CS(=O)(=O)C[C@H]32)cc1Cl. The molecule has 2 atom stereocenters. The van der Waals surface area contributed by atoms with Crippen molar-refractivity contribution < 1.29 is 17.9 Å². The number of carbonyl (C=O) groups is 1. The van der Waals surface area contributed by atoms with E-state index in [0.717, 1.165) is 0 Å². The summed E-state index contributed by atoms with van der Waals surface area (Å²) in [6.45, 7) is 0. The summed E-state index contributed by atoms with van der Waals surface area (Å²) in [5.41, 5.74) is 1.16. The Morgan fingerprint density at radius 1 is 1.21 bits per heavy atom. The fourth-order valence-corrected chi connectivity index (χ4v) is 7.57. The van der Waals surface area contributed by atoms with Crippen molar-refractivity contribution in [2.75, 3.05) is 23.5 Å². The van der Waals surface area contributed by atoms with Crippen LogP contribution in [0.4, 0.5) is 5.69 Å². The molecule has 0 saturated carbocycles. The van der Waals surface area contributed by atoms with Gasteiger partial charge in [-0.1, -0.05) is 41.6 Å². The van der Waals surface area contributed by atoms with Gasteiger partial charge >= 0.3 is 0 Å². The molecule has 2 aliphatic rings. The molecule has 9 heteroatoms. The average molecular weight is 437 g/mol. The standard InChI is InChI=1S/C19H17ClN2O4S2/c1-26-16-8-7-13(9-14(16)20)22-15-10-28(24,25)11-17(15)27-19(22)21-18(23)12-5-3-2-4-6-12/h2-9,15,17H,10-11H2,1H3/t15-,17-/m1/s1. The van der Waals surface area contributed by atoms with Crippen LogP contribution >= 0.6 is 23.4 Å². The van der Waals surface area contributed by atoms with E-state index >= 15 is 0 Å². The summed E-state index contributed by atoms with van der Waals surface area (Å²) in [6.07, 6.45) is 0. The zero-order valence-electron chi connectivity index (χ0n) is 14.9. The third kappa shape index (κ3) is 3.64. The van der Waals surface area contributed by atoms with Gasteiger partial charge in [0.05, 0.1) is 29.7 Å². The number of nitrogens with zero attached hydrogens (tertiary/aromatic N) is 2. The highest BCUT2D eigenvalue weighted by Gasteiger charge is 2.49. The third-order valence-electron chi connectivity index (χ3n) is 4.70. The third-order valence-corrected chi connectivity index (χ3v) is 8.20. The van der Waals surface area contributed by atoms with Gasteiger partial charge in [-0.05, 0) is 30.3 Å². The Bertz CT molecular complexity index is 1060. The smallest absolute Gasteiger partial charge is 0.279 e. The molecule has 2 saturated heterocycles. The zero-order chi connectivity index (χ0) is 19.9. The number of ether oxygens (including phenoxy) is 1. The molecule has 0 aliphatic carbocycles. The van der Waals surface area contributed by atoms with Crippen molar-refractivity contribution in [2.24, 2.45) is 4.99 Å². The number of amidine groups is 1. The first-order valence-corrected chi connectivity index (χ1v) is 11.6. The number of anilines is 1. The van der Waals surface area contributed by atoms with Crippen LogP contribution in [0.3, 0.4) is 0 Å². The highest BCUT2D eigenvalue weighted by molar-refractivity contribution is 8.16. The monoisotopic (exact) mass is 436 g/mol. The van der Waals surface area contributed by atoms with E-state index in [4.69, 9.17) is 16.3 Å². The lowest BCUT2D eigenvalue weighted by atomic mass is 10.2. The van der Waals surface area contributed by atoms with Crippen LogP contribution in [0.25, 0.3) is 0 Å². The van der Waals surface area contributed by atoms with E-state index < -0.39 is 9.84 Å². The summed E-state index contributed by atoms with van der Waals surface area (Å²) in [5, 5.41) is 0.719. The van der Waals surface area contributed by atoms with E-state index in [0.29, 0.717) is 27.2 Å². The number of fused-ring (bicyclic) bond motifs is 1. The second kappa shape index (κ2) is 7.42. The summed E-state index contributed by atoms with van der Waals surface area (Å²) in [4.78, 5) is 18.7. The summed E-state index contributed by atoms with van der Waals surface area (Å²) >= 11 is 7.60. The quantitative estimate of drug-likeness (QED) is 0.735. The molecule has 146 valence electrons. The Kier molecular flexibility index (Phi) is 5.11. The lowest BCUT2D eigenvalue weighted by Crippen LogP contribution is -2.37. The van der Waals surface area contributed by atoms with Gasteiger partial charge in [0.15, 0.2) is 15.0 Å². The fourth-order valence-electron chi connectivity index (χ4n) is 3.40. The molecule has 4 rings (SSSR count). The fraction of sp³-hybridized carbons (Fsp3) is 0.263. The largest absolute Gasteiger partial charge is 0.495 e. The van der Waals surface area contributed by atoms with Gasteiger partial charge in [-0.3, -0.25) is 4.79 Å². The van der Waals surface area contributed by atoms with Gasteiger partial charge < -0.3 is 9.64 Å². The Labute approximate surface area is 172 Å². The lowest BCUT2D eigenvalue weighted by molar-refractivity contribution is 0.100. The van der Waals surface area contributed by atoms with Crippen molar-refractivity contribution in [1.29, 1.82) is 0 Å². The van der Waals surface area contributed by atoms with Crippen molar-refractivity contribution in [2.45, 2.75) is 11.3 Å². The number of carbonyl (C=O) groups excluding carboxylic acids is 1. The molecule has 0 spiro atoms. The van der Waals surface area contributed by atoms with Crippen molar-refractivity contribution in [3.8, 4) is 5.75 Å². The molecule has 0 radical (unpaired) electrons. The number of benzene rings is 2. The Morgan fingerprint density at radius 2 is 1.96 bits per heavy atom. The number of methoxy groups -OCH3 is 1. The molecule has 2 aromatic carbocycles. The minimum atomic E-state index is -3.13. The Hall–Kier alpha value is -2.03. The topological polar surface area (TPSA) is 76.0 Å². The lowest BCUT2D eigenvalue weighted by Gasteiger charge is -2.25. The number of aliphatic imine (C=N–C) groups is 1. The van der Waals surface area contributed by atoms with E-state index in [1.54, 1.807) is 42.5 Å². The van der Waals surface area contributed by atoms with Gasteiger partial charge in [-0.15, -0.1) is 0 Å². The van der Waals surface area contributed by atoms with E-state index in [-0.39, 0.29) is 28.7 Å². The molecular formula is C19H17ClN2O4S2. The maximum atomic E-state index is 12.6. The molecule has 2 aliphatic heterocycles. The number of sulfone groups is 1. The van der Waals surface area contributed by atoms with E-state index in [1.807, 2.05) is 11.0 Å². The summed E-state index contributed by atoms with van der Waals surface area (Å²) in [6, 6.07) is 13.7. The molecular weight excluding hydrogens is 420 g/mol. The number of thioether (sulfide) groups is 1. The zero-order valence-corrected chi connectivity index (χ0v) is 17.3. The van der Waals surface area contributed by atoms with Gasteiger partial charge in [-0.2, -0.15) is 4.99 Å². The first-order valence-electron chi connectivity index (χ1n) is 8.56. The Balaban J connectivity index is 1.74. The van der Waals surface area contributed by atoms with Crippen LogP contribution < -0.4 is 9.64 Å². The molecule has 0 bridgehead atoms. The normalized spacial score (nSPS) is 24.4. The molecule has 0 N–H and O–H groups in total. The maximum absolute atomic E-state index is 12.6. The molecule has 28 heavy (non-hydrogen) atoms. The Morgan fingerprint density at radius 3 is 2.64 bits per heavy atom. The molecule has 0 unspecified atom stereocenters. The molecule has 1 amide bonds. The molecule has 2 aromatic rings. The van der Waals surface area contributed by atoms with Gasteiger partial charge in [-0.25, -0.2) is 8.42 Å². The minimum Gasteiger partial charge on any atom is -0.495 e. The van der Waals surface area contributed by atoms with Crippen molar-refractivity contribution in [1.82, 2.24) is 0 Å². The van der Waals surface area contributed by atoms with Gasteiger partial charge in [0.25, 0.3) is 5.91 Å². The van der Waals surface area contributed by atoms with Gasteiger partial charge in [0.2, 0.25) is 0 Å². The van der Waals surface area contributed by atoms with E-state index in [1.165, 1.54) is 18.9 Å². The predicted octanol–water partition coefficient (Wildman–Crippen LogP) is 3.26. The van der Waals surface area contributed by atoms with E-state index in [2.05, 4.69) is 4.99 Å². The minimum absolute atomic E-state index is 0.0207. The van der Waals surface area contributed by atoms with Crippen LogP contribution in [0.5, 0.6) is 5.75 Å². The maximum Gasteiger partial charge on any atom is 0.279 e. The number of halogens is 1. The second-order valence-corrected chi connectivity index (χ2v) is 10.3. The van der Waals surface area contributed by atoms with E-state index in [9.17, 15) is 13.2 Å². The summed E-state index contributed by atoms with van der Waals surface area (Å²) in [7, 11) is -1.61. The highest BCUT2D eigenvalue weighted by Crippen LogP contribution is 2.42. The summed E-state index contributed by atoms with van der Waals surface area (Å²) in [5.74, 6) is 0.246. The number of amides is 1. The van der Waals surface area contributed by atoms with Crippen LogP contribution in [-0.2, 0) is 9.84 Å². The molecule has 0 aromatic heterocycles. The average Bonchev–Trinajstić information content (AvgIpc) is 3.13. The van der Waals surface area contributed by atoms with Crippen LogP contribution in [0.2, 0.25) is 5.02 Å². The van der Waals surface area contributed by atoms with Crippen LogP contribution in [0, 0.1) is 0 Å². The highest BCUT2D eigenvalue weighted by atomic mass is 35.5.